The molecule has 1 aliphatic heterocycles. The van der Waals surface area contributed by atoms with E-state index in [1.165, 1.54) is 24.3 Å². The van der Waals surface area contributed by atoms with Crippen molar-refractivity contribution in [2.75, 3.05) is 31.1 Å². The second-order valence-corrected chi connectivity index (χ2v) is 6.62. The Kier molecular flexibility index (Phi) is 6.32. The van der Waals surface area contributed by atoms with Gasteiger partial charge < -0.3 is 15.2 Å². The Morgan fingerprint density at radius 2 is 2.05 bits per heavy atom. The lowest BCUT2D eigenvalue weighted by Gasteiger charge is -2.20. The summed E-state index contributed by atoms with van der Waals surface area (Å²) < 4.78 is 5.37. The summed E-state index contributed by atoms with van der Waals surface area (Å²) in [6.07, 6.45) is 3.42. The molecule has 0 radical (unpaired) electrons. The summed E-state index contributed by atoms with van der Waals surface area (Å²) in [5, 5.41) is 4.06. The van der Waals surface area contributed by atoms with Crippen molar-refractivity contribution in [3.8, 4) is 0 Å². The largest absolute Gasteiger partial charge is 0.339 e. The van der Waals surface area contributed by atoms with E-state index in [0.29, 0.717) is 11.7 Å². The van der Waals surface area contributed by atoms with Crippen molar-refractivity contribution in [2.24, 2.45) is 11.7 Å². The van der Waals surface area contributed by atoms with Crippen molar-refractivity contribution in [1.82, 2.24) is 15.0 Å². The average molecular weight is 298 g/mol. The van der Waals surface area contributed by atoms with Gasteiger partial charge in [-0.25, -0.2) is 0 Å². The van der Waals surface area contributed by atoms with Gasteiger partial charge in [0.05, 0.1) is 6.04 Å². The van der Waals surface area contributed by atoms with Crippen LogP contribution in [-0.4, -0.2) is 46.2 Å². The highest BCUT2D eigenvalue weighted by Gasteiger charge is 2.20. The van der Waals surface area contributed by atoms with Crippen LogP contribution in [0.1, 0.15) is 44.4 Å². The fourth-order valence-corrected chi connectivity index (χ4v) is 3.74. The number of thioether (sulfide) groups is 1. The van der Waals surface area contributed by atoms with E-state index >= 15 is 0 Å². The molecular weight excluding hydrogens is 272 g/mol. The summed E-state index contributed by atoms with van der Waals surface area (Å²) in [7, 11) is 0. The highest BCUT2D eigenvalue weighted by molar-refractivity contribution is 7.99. The van der Waals surface area contributed by atoms with Gasteiger partial charge in [0.25, 0.3) is 0 Å². The predicted molar refractivity (Wildman–Crippen MR) is 82.8 cm³/mol. The molecular formula is C14H26N4OS. The third-order valence-corrected chi connectivity index (χ3v) is 5.02. The van der Waals surface area contributed by atoms with Gasteiger partial charge in [-0.3, -0.25) is 0 Å². The number of rotatable bonds is 7. The van der Waals surface area contributed by atoms with Gasteiger partial charge in [-0.05, 0) is 43.4 Å². The lowest BCUT2D eigenvalue weighted by atomic mass is 9.99. The van der Waals surface area contributed by atoms with Crippen molar-refractivity contribution in [3.63, 3.8) is 0 Å². The topological polar surface area (TPSA) is 68.2 Å². The van der Waals surface area contributed by atoms with Crippen LogP contribution in [0.5, 0.6) is 0 Å². The standard InChI is InChI=1S/C14H26N4OS/c1-3-18(4-2)10-12(15)14-16-13(19-17-14)9-11-5-7-20-8-6-11/h11-12H,3-10,15H2,1-2H3. The van der Waals surface area contributed by atoms with Crippen LogP contribution in [0, 0.1) is 5.92 Å². The van der Waals surface area contributed by atoms with E-state index in [0.717, 1.165) is 31.9 Å². The van der Waals surface area contributed by atoms with Crippen molar-refractivity contribution in [2.45, 2.75) is 39.2 Å². The molecule has 20 heavy (non-hydrogen) atoms. The molecule has 1 aliphatic rings. The minimum absolute atomic E-state index is 0.158. The molecule has 1 aromatic heterocycles. The summed E-state index contributed by atoms with van der Waals surface area (Å²) in [6.45, 7) is 7.05. The first-order valence-corrected chi connectivity index (χ1v) is 8.76. The van der Waals surface area contributed by atoms with Gasteiger partial charge in [-0.15, -0.1) is 0 Å². The minimum atomic E-state index is -0.158. The van der Waals surface area contributed by atoms with Crippen molar-refractivity contribution in [1.29, 1.82) is 0 Å². The molecule has 0 saturated carbocycles. The van der Waals surface area contributed by atoms with E-state index in [4.69, 9.17) is 10.3 Å². The van der Waals surface area contributed by atoms with E-state index in [9.17, 15) is 0 Å². The van der Waals surface area contributed by atoms with Gasteiger partial charge in [-0.2, -0.15) is 16.7 Å². The Labute approximate surface area is 125 Å². The fourth-order valence-electron chi connectivity index (χ4n) is 2.54. The molecule has 1 aromatic rings. The van der Waals surface area contributed by atoms with E-state index in [-0.39, 0.29) is 6.04 Å². The Hall–Kier alpha value is -0.590. The van der Waals surface area contributed by atoms with E-state index in [1.54, 1.807) is 0 Å². The quantitative estimate of drug-likeness (QED) is 0.831. The Morgan fingerprint density at radius 1 is 1.35 bits per heavy atom. The van der Waals surface area contributed by atoms with E-state index < -0.39 is 0 Å². The molecule has 0 amide bonds. The molecule has 1 fully saturated rings. The van der Waals surface area contributed by atoms with Gasteiger partial charge in [0.2, 0.25) is 5.89 Å². The molecule has 5 nitrogen and oxygen atoms in total. The van der Waals surface area contributed by atoms with Crippen LogP contribution >= 0.6 is 11.8 Å². The van der Waals surface area contributed by atoms with Gasteiger partial charge >= 0.3 is 0 Å². The summed E-state index contributed by atoms with van der Waals surface area (Å²) in [5.74, 6) is 4.62. The second-order valence-electron chi connectivity index (χ2n) is 5.40. The Balaban J connectivity index is 1.87. The van der Waals surface area contributed by atoms with E-state index in [1.807, 2.05) is 11.8 Å². The summed E-state index contributed by atoms with van der Waals surface area (Å²) in [4.78, 5) is 6.77. The minimum Gasteiger partial charge on any atom is -0.339 e. The van der Waals surface area contributed by atoms with Crippen LogP contribution in [-0.2, 0) is 6.42 Å². The molecule has 0 aromatic carbocycles. The molecule has 2 rings (SSSR count). The van der Waals surface area contributed by atoms with Gasteiger partial charge in [-0.1, -0.05) is 19.0 Å². The molecule has 0 spiro atoms. The first-order valence-electron chi connectivity index (χ1n) is 7.61. The maximum atomic E-state index is 6.16. The van der Waals surface area contributed by atoms with Crippen LogP contribution in [0.15, 0.2) is 4.52 Å². The third kappa shape index (κ3) is 4.46. The Morgan fingerprint density at radius 3 is 2.70 bits per heavy atom. The molecule has 0 aliphatic carbocycles. The highest BCUT2D eigenvalue weighted by Crippen LogP contribution is 2.25. The maximum Gasteiger partial charge on any atom is 0.226 e. The SMILES string of the molecule is CCN(CC)CC(N)c1noc(CC2CCSCC2)n1. The zero-order valence-corrected chi connectivity index (χ0v) is 13.4. The third-order valence-electron chi connectivity index (χ3n) is 3.97. The van der Waals surface area contributed by atoms with Gasteiger partial charge in [0, 0.05) is 13.0 Å². The van der Waals surface area contributed by atoms with Crippen LogP contribution in [0.3, 0.4) is 0 Å². The maximum absolute atomic E-state index is 6.16. The molecule has 1 saturated heterocycles. The van der Waals surface area contributed by atoms with Crippen molar-refractivity contribution < 1.29 is 4.52 Å². The van der Waals surface area contributed by atoms with Crippen LogP contribution in [0.4, 0.5) is 0 Å². The summed E-state index contributed by atoms with van der Waals surface area (Å²) in [5.41, 5.74) is 6.16. The molecule has 2 N–H and O–H groups in total. The molecule has 0 bridgehead atoms. The lowest BCUT2D eigenvalue weighted by molar-refractivity contribution is 0.277. The van der Waals surface area contributed by atoms with Crippen LogP contribution in [0.25, 0.3) is 0 Å². The van der Waals surface area contributed by atoms with Crippen LogP contribution in [0.2, 0.25) is 0 Å². The number of likely N-dealkylation sites (N-methyl/N-ethyl adjacent to an activating group) is 1. The number of nitrogens with zero attached hydrogens (tertiary/aromatic N) is 3. The molecule has 6 heteroatoms. The number of aromatic nitrogens is 2. The van der Waals surface area contributed by atoms with Crippen LogP contribution < -0.4 is 5.73 Å². The first kappa shape index (κ1) is 15.8. The second kappa shape index (κ2) is 8.00. The van der Waals surface area contributed by atoms with Gasteiger partial charge in [0.1, 0.15) is 0 Å². The van der Waals surface area contributed by atoms with E-state index in [2.05, 4.69) is 28.9 Å². The monoisotopic (exact) mass is 298 g/mol. The molecule has 1 atom stereocenters. The normalized spacial score (nSPS) is 18.6. The smallest absolute Gasteiger partial charge is 0.226 e. The average Bonchev–Trinajstić information content (AvgIpc) is 2.94. The zero-order valence-electron chi connectivity index (χ0n) is 12.5. The summed E-state index contributed by atoms with van der Waals surface area (Å²) in [6, 6.07) is -0.158. The van der Waals surface area contributed by atoms with Crippen molar-refractivity contribution >= 4 is 11.8 Å². The molecule has 2 heterocycles. The zero-order chi connectivity index (χ0) is 14.4. The number of hydrogen-bond donors (Lipinski definition) is 1. The molecule has 1 unspecified atom stereocenters. The Bertz CT molecular complexity index is 388. The lowest BCUT2D eigenvalue weighted by Crippen LogP contribution is -2.32. The first-order chi connectivity index (χ1) is 9.72. The number of hydrogen-bond acceptors (Lipinski definition) is 6. The van der Waals surface area contributed by atoms with Crippen molar-refractivity contribution in [3.05, 3.63) is 11.7 Å². The highest BCUT2D eigenvalue weighted by atomic mass is 32.2. The van der Waals surface area contributed by atoms with Gasteiger partial charge in [0.15, 0.2) is 5.82 Å². The fraction of sp³-hybridized carbons (Fsp3) is 0.857. The molecule has 114 valence electrons. The predicted octanol–water partition coefficient (Wildman–Crippen LogP) is 2.10. The summed E-state index contributed by atoms with van der Waals surface area (Å²) >= 11 is 2.04. The number of nitrogens with two attached hydrogens (primary N) is 1.